The minimum absolute atomic E-state index is 0.823. The first kappa shape index (κ1) is 12.0. The van der Waals surface area contributed by atoms with E-state index in [2.05, 4.69) is 39.9 Å². The highest BCUT2D eigenvalue weighted by Crippen LogP contribution is 2.31. The fourth-order valence-corrected chi connectivity index (χ4v) is 1.80. The Balaban J connectivity index is 1.68. The van der Waals surface area contributed by atoms with Gasteiger partial charge in [0.1, 0.15) is 0 Å². The van der Waals surface area contributed by atoms with Crippen LogP contribution in [0.2, 0.25) is 0 Å². The summed E-state index contributed by atoms with van der Waals surface area (Å²) in [6, 6.07) is 10.4. The normalized spacial score (nSPS) is 15.7. The summed E-state index contributed by atoms with van der Waals surface area (Å²) < 4.78 is 0. The van der Waals surface area contributed by atoms with E-state index in [1.165, 1.54) is 24.8 Å². The number of rotatable bonds is 5. The third-order valence-corrected chi connectivity index (χ3v) is 3.07. The van der Waals surface area contributed by atoms with Crippen LogP contribution in [0, 0.1) is 5.92 Å². The molecule has 1 fully saturated rings. The van der Waals surface area contributed by atoms with Crippen molar-refractivity contribution in [2.24, 2.45) is 10.9 Å². The molecule has 92 valence electrons. The topological polar surface area (TPSA) is 36.4 Å². The van der Waals surface area contributed by atoms with Gasteiger partial charge in [0.2, 0.25) is 0 Å². The van der Waals surface area contributed by atoms with Crippen molar-refractivity contribution in [3.63, 3.8) is 0 Å². The van der Waals surface area contributed by atoms with Gasteiger partial charge < -0.3 is 10.6 Å². The molecule has 1 aliphatic carbocycles. The van der Waals surface area contributed by atoms with Gasteiger partial charge in [0.05, 0.1) is 0 Å². The molecule has 3 nitrogen and oxygen atoms in total. The number of hydrogen-bond acceptors (Lipinski definition) is 1. The number of aliphatic imine (C=N–C) groups is 1. The number of hydrogen-bond donors (Lipinski definition) is 2. The van der Waals surface area contributed by atoms with E-state index < -0.39 is 0 Å². The molecule has 0 radical (unpaired) electrons. The summed E-state index contributed by atoms with van der Waals surface area (Å²) in [7, 11) is 1.82. The molecule has 1 saturated carbocycles. The SMILES string of the molecule is CN=C(NCCC1CC1)NCc1ccccc1. The summed E-state index contributed by atoms with van der Waals surface area (Å²) in [6.07, 6.45) is 4.10. The molecule has 1 aromatic rings. The monoisotopic (exact) mass is 231 g/mol. The lowest BCUT2D eigenvalue weighted by Gasteiger charge is -2.11. The predicted octanol–water partition coefficient (Wildman–Crippen LogP) is 2.15. The summed E-state index contributed by atoms with van der Waals surface area (Å²) in [5.74, 6) is 1.87. The minimum atomic E-state index is 0.823. The van der Waals surface area contributed by atoms with Crippen LogP contribution in [-0.2, 0) is 6.54 Å². The van der Waals surface area contributed by atoms with E-state index in [1.807, 2.05) is 13.1 Å². The van der Waals surface area contributed by atoms with Gasteiger partial charge in [-0.25, -0.2) is 0 Å². The first-order chi connectivity index (χ1) is 8.38. The molecule has 0 heterocycles. The lowest BCUT2D eigenvalue weighted by Crippen LogP contribution is -2.37. The van der Waals surface area contributed by atoms with Crippen LogP contribution in [0.4, 0.5) is 0 Å². The van der Waals surface area contributed by atoms with Gasteiger partial charge in [-0.2, -0.15) is 0 Å². The molecule has 0 saturated heterocycles. The van der Waals surface area contributed by atoms with Crippen molar-refractivity contribution in [3.8, 4) is 0 Å². The van der Waals surface area contributed by atoms with Crippen LogP contribution in [0.5, 0.6) is 0 Å². The fourth-order valence-electron chi connectivity index (χ4n) is 1.80. The molecule has 1 aromatic carbocycles. The van der Waals surface area contributed by atoms with E-state index in [0.717, 1.165) is 25.0 Å². The van der Waals surface area contributed by atoms with Crippen LogP contribution in [0.1, 0.15) is 24.8 Å². The molecule has 2 rings (SSSR count). The Bertz CT molecular complexity index is 355. The van der Waals surface area contributed by atoms with Crippen molar-refractivity contribution in [3.05, 3.63) is 35.9 Å². The average molecular weight is 231 g/mol. The molecule has 0 spiro atoms. The number of nitrogens with zero attached hydrogens (tertiary/aromatic N) is 1. The van der Waals surface area contributed by atoms with Gasteiger partial charge in [0.15, 0.2) is 5.96 Å². The second kappa shape index (κ2) is 6.28. The third kappa shape index (κ3) is 4.47. The maximum absolute atomic E-state index is 4.21. The minimum Gasteiger partial charge on any atom is -0.356 e. The molecular formula is C14H21N3. The van der Waals surface area contributed by atoms with E-state index in [-0.39, 0.29) is 0 Å². The Morgan fingerprint density at radius 1 is 1.24 bits per heavy atom. The van der Waals surface area contributed by atoms with Crippen molar-refractivity contribution in [1.29, 1.82) is 0 Å². The molecule has 0 atom stereocenters. The Hall–Kier alpha value is -1.51. The van der Waals surface area contributed by atoms with Gasteiger partial charge in [0, 0.05) is 20.1 Å². The molecule has 0 amide bonds. The largest absolute Gasteiger partial charge is 0.356 e. The van der Waals surface area contributed by atoms with Crippen LogP contribution >= 0.6 is 0 Å². The van der Waals surface area contributed by atoms with Crippen molar-refractivity contribution in [2.45, 2.75) is 25.8 Å². The number of benzene rings is 1. The highest BCUT2D eigenvalue weighted by molar-refractivity contribution is 5.79. The number of nitrogens with one attached hydrogen (secondary N) is 2. The van der Waals surface area contributed by atoms with Gasteiger partial charge in [-0.05, 0) is 17.9 Å². The summed E-state index contributed by atoms with van der Waals surface area (Å²) in [5.41, 5.74) is 1.28. The molecule has 1 aliphatic rings. The molecular weight excluding hydrogens is 210 g/mol. The maximum Gasteiger partial charge on any atom is 0.191 e. The highest BCUT2D eigenvalue weighted by atomic mass is 15.2. The van der Waals surface area contributed by atoms with Crippen LogP contribution in [0.3, 0.4) is 0 Å². The van der Waals surface area contributed by atoms with Crippen LogP contribution < -0.4 is 10.6 Å². The Kier molecular flexibility index (Phi) is 4.42. The third-order valence-electron chi connectivity index (χ3n) is 3.07. The van der Waals surface area contributed by atoms with Crippen molar-refractivity contribution >= 4 is 5.96 Å². The van der Waals surface area contributed by atoms with Crippen LogP contribution in [0.15, 0.2) is 35.3 Å². The lowest BCUT2D eigenvalue weighted by atomic mass is 10.2. The molecule has 0 aliphatic heterocycles. The Morgan fingerprint density at radius 3 is 2.65 bits per heavy atom. The van der Waals surface area contributed by atoms with E-state index in [1.54, 1.807) is 0 Å². The van der Waals surface area contributed by atoms with Gasteiger partial charge in [-0.15, -0.1) is 0 Å². The first-order valence-corrected chi connectivity index (χ1v) is 6.37. The molecule has 0 bridgehead atoms. The zero-order valence-electron chi connectivity index (χ0n) is 10.4. The van der Waals surface area contributed by atoms with Crippen molar-refractivity contribution in [1.82, 2.24) is 10.6 Å². The zero-order chi connectivity index (χ0) is 11.9. The molecule has 0 aromatic heterocycles. The van der Waals surface area contributed by atoms with E-state index in [4.69, 9.17) is 0 Å². The quantitative estimate of drug-likeness (QED) is 0.602. The predicted molar refractivity (Wildman–Crippen MR) is 72.0 cm³/mol. The van der Waals surface area contributed by atoms with Gasteiger partial charge in [-0.1, -0.05) is 43.2 Å². The summed E-state index contributed by atoms with van der Waals surface area (Å²) in [6.45, 7) is 1.85. The zero-order valence-corrected chi connectivity index (χ0v) is 10.4. The standard InChI is InChI=1S/C14H21N3/c1-15-14(16-10-9-12-7-8-12)17-11-13-5-3-2-4-6-13/h2-6,12H,7-11H2,1H3,(H2,15,16,17). The summed E-state index contributed by atoms with van der Waals surface area (Å²) in [4.78, 5) is 4.21. The summed E-state index contributed by atoms with van der Waals surface area (Å²) >= 11 is 0. The van der Waals surface area contributed by atoms with Gasteiger partial charge in [-0.3, -0.25) is 4.99 Å². The van der Waals surface area contributed by atoms with Crippen molar-refractivity contribution < 1.29 is 0 Å². The Labute approximate surface area is 103 Å². The number of guanidine groups is 1. The van der Waals surface area contributed by atoms with Crippen molar-refractivity contribution in [2.75, 3.05) is 13.6 Å². The molecule has 2 N–H and O–H groups in total. The summed E-state index contributed by atoms with van der Waals surface area (Å²) in [5, 5.41) is 6.67. The average Bonchev–Trinajstić information content (AvgIpc) is 3.19. The van der Waals surface area contributed by atoms with Gasteiger partial charge >= 0.3 is 0 Å². The highest BCUT2D eigenvalue weighted by Gasteiger charge is 2.20. The van der Waals surface area contributed by atoms with E-state index >= 15 is 0 Å². The van der Waals surface area contributed by atoms with E-state index in [0.29, 0.717) is 0 Å². The second-order valence-electron chi connectivity index (χ2n) is 4.57. The maximum atomic E-state index is 4.21. The van der Waals surface area contributed by atoms with Crippen LogP contribution in [0.25, 0.3) is 0 Å². The second-order valence-corrected chi connectivity index (χ2v) is 4.57. The lowest BCUT2D eigenvalue weighted by molar-refractivity contribution is 0.684. The van der Waals surface area contributed by atoms with Gasteiger partial charge in [0.25, 0.3) is 0 Å². The molecule has 17 heavy (non-hydrogen) atoms. The van der Waals surface area contributed by atoms with Crippen LogP contribution in [-0.4, -0.2) is 19.6 Å². The first-order valence-electron chi connectivity index (χ1n) is 6.37. The molecule has 3 heteroatoms. The fraction of sp³-hybridized carbons (Fsp3) is 0.500. The smallest absolute Gasteiger partial charge is 0.191 e. The Morgan fingerprint density at radius 2 is 2.00 bits per heavy atom. The van der Waals surface area contributed by atoms with E-state index in [9.17, 15) is 0 Å². The molecule has 0 unspecified atom stereocenters.